The predicted octanol–water partition coefficient (Wildman–Crippen LogP) is 10.6. The molecule has 0 saturated carbocycles. The number of rotatable bonds is 5. The first-order valence-electron chi connectivity index (χ1n) is 13.1. The van der Waals surface area contributed by atoms with Gasteiger partial charge in [-0.2, -0.15) is 19.9 Å². The highest BCUT2D eigenvalue weighted by molar-refractivity contribution is 9.03. The van der Waals surface area contributed by atoms with Gasteiger partial charge in [0, 0.05) is 49.6 Å². The first-order chi connectivity index (χ1) is 19.9. The molecule has 6 aromatic rings. The van der Waals surface area contributed by atoms with E-state index in [1.54, 1.807) is 22.7 Å². The summed E-state index contributed by atoms with van der Waals surface area (Å²) in [5.74, 6) is 0. The quantitative estimate of drug-likeness (QED) is 0.152. The maximum atomic E-state index is 5.06. The topological polar surface area (TPSA) is 25.2 Å². The Hall–Kier alpha value is -3.68. The zero-order valence-corrected chi connectivity index (χ0v) is 24.7. The Morgan fingerprint density at radius 2 is 1.32 bits per heavy atom. The summed E-state index contributed by atoms with van der Waals surface area (Å²) in [7, 11) is -1.22. The van der Waals surface area contributed by atoms with Crippen molar-refractivity contribution in [1.82, 2.24) is 4.98 Å². The van der Waals surface area contributed by atoms with Crippen LogP contribution in [0.1, 0.15) is 11.1 Å². The first kappa shape index (κ1) is 24.1. The molecule has 0 fully saturated rings. The number of thiophene rings is 1. The van der Waals surface area contributed by atoms with Crippen LogP contribution in [0.5, 0.6) is 0 Å². The van der Waals surface area contributed by atoms with Gasteiger partial charge in [-0.3, -0.25) is 0 Å². The van der Waals surface area contributed by atoms with Gasteiger partial charge in [-0.15, -0.1) is 22.7 Å². The van der Waals surface area contributed by atoms with Gasteiger partial charge in [0.15, 0.2) is 0 Å². The van der Waals surface area contributed by atoms with Gasteiger partial charge in [-0.05, 0) is 50.1 Å². The van der Waals surface area contributed by atoms with Crippen LogP contribution in [-0.2, 0) is 0 Å². The van der Waals surface area contributed by atoms with E-state index in [1.807, 2.05) is 12.4 Å². The zero-order valence-electron chi connectivity index (χ0n) is 21.3. The van der Waals surface area contributed by atoms with E-state index in [-0.39, 0.29) is 0 Å². The number of nitrogens with zero attached hydrogens (tertiary/aromatic N) is 2. The molecule has 40 heavy (non-hydrogen) atoms. The molecular weight excluding hydrogens is 565 g/mol. The third-order valence-electron chi connectivity index (χ3n) is 7.36. The molecule has 2 aromatic heterocycles. The van der Waals surface area contributed by atoms with Gasteiger partial charge in [0.05, 0.1) is 5.04 Å². The lowest BCUT2D eigenvalue weighted by molar-refractivity contribution is 1.42. The Morgan fingerprint density at radius 3 is 2.05 bits per heavy atom. The molecule has 2 nitrogen and oxygen atoms in total. The van der Waals surface area contributed by atoms with Crippen LogP contribution in [0.25, 0.3) is 47.5 Å². The van der Waals surface area contributed by atoms with Gasteiger partial charge in [-0.25, -0.2) is 9.98 Å². The Kier molecular flexibility index (Phi) is 6.07. The fourth-order valence-electron chi connectivity index (χ4n) is 5.69. The van der Waals surface area contributed by atoms with Crippen LogP contribution in [0.15, 0.2) is 136 Å². The third-order valence-corrected chi connectivity index (χ3v) is 15.5. The lowest BCUT2D eigenvalue weighted by Crippen LogP contribution is -2.01. The molecule has 0 saturated heterocycles. The van der Waals surface area contributed by atoms with Crippen molar-refractivity contribution in [3.63, 3.8) is 0 Å². The summed E-state index contributed by atoms with van der Waals surface area (Å²) in [4.78, 5) is 12.5. The summed E-state index contributed by atoms with van der Waals surface area (Å²) in [5.41, 5.74) is 5.09. The Morgan fingerprint density at radius 1 is 0.600 bits per heavy atom. The summed E-state index contributed by atoms with van der Waals surface area (Å²) >= 11 is 3.50. The van der Waals surface area contributed by atoms with Crippen molar-refractivity contribution in [3.8, 4) is 21.0 Å². The molecule has 4 heterocycles. The number of fused-ring (bicyclic) bond motifs is 2. The Balaban J connectivity index is 1.26. The summed E-state index contributed by atoms with van der Waals surface area (Å²) in [6, 6.07) is 31.0. The maximum absolute atomic E-state index is 5.06. The molecular formula is C34H24N2S4. The minimum atomic E-state index is -0.637. The van der Waals surface area contributed by atoms with Crippen LogP contribution < -0.4 is 0 Å². The number of aromatic nitrogens is 1. The van der Waals surface area contributed by atoms with Crippen LogP contribution in [-0.4, -0.2) is 10.0 Å². The number of hydrogen-bond acceptors (Lipinski definition) is 4. The molecule has 0 aliphatic carbocycles. The Bertz CT molecular complexity index is 1860. The number of thiazole rings is 1. The second-order valence-electron chi connectivity index (χ2n) is 9.57. The second-order valence-corrected chi connectivity index (χ2v) is 16.9. The molecule has 0 bridgehead atoms. The number of aliphatic imine (C=N–C) groups is 1. The van der Waals surface area contributed by atoms with Crippen molar-refractivity contribution < 1.29 is 0 Å². The maximum Gasteiger partial charge on any atom is 0.123 e. The predicted molar refractivity (Wildman–Crippen MR) is 183 cm³/mol. The molecule has 4 aromatic carbocycles. The molecule has 8 rings (SSSR count). The van der Waals surface area contributed by atoms with Gasteiger partial charge in [0.25, 0.3) is 0 Å². The van der Waals surface area contributed by atoms with Crippen molar-refractivity contribution in [2.45, 2.75) is 0 Å². The van der Waals surface area contributed by atoms with Crippen molar-refractivity contribution in [3.05, 3.63) is 142 Å². The number of thiol groups is 2. The van der Waals surface area contributed by atoms with E-state index in [2.05, 4.69) is 124 Å². The van der Waals surface area contributed by atoms with Gasteiger partial charge in [0.1, 0.15) is 5.01 Å². The van der Waals surface area contributed by atoms with E-state index >= 15 is 0 Å². The van der Waals surface area contributed by atoms with E-state index in [4.69, 9.17) is 4.99 Å². The fraction of sp³-hybridized carbons (Fsp3) is 0. The van der Waals surface area contributed by atoms with Crippen molar-refractivity contribution in [2.75, 3.05) is 0 Å². The molecule has 0 spiro atoms. The molecule has 0 radical (unpaired) electrons. The van der Waals surface area contributed by atoms with Gasteiger partial charge >= 0.3 is 0 Å². The average Bonchev–Trinajstić information content (AvgIpc) is 3.82. The number of allylic oxidation sites excluding steroid dienone is 2. The third kappa shape index (κ3) is 3.94. The molecule has 2 aliphatic rings. The van der Waals surface area contributed by atoms with E-state index in [0.717, 1.165) is 5.01 Å². The van der Waals surface area contributed by atoms with E-state index < -0.39 is 19.9 Å². The molecule has 2 atom stereocenters. The molecule has 2 aliphatic heterocycles. The van der Waals surface area contributed by atoms with E-state index in [9.17, 15) is 0 Å². The van der Waals surface area contributed by atoms with Crippen molar-refractivity contribution in [2.24, 2.45) is 4.99 Å². The summed E-state index contributed by atoms with van der Waals surface area (Å²) < 4.78 is 0. The fourth-order valence-corrected chi connectivity index (χ4v) is 13.5. The van der Waals surface area contributed by atoms with Crippen LogP contribution >= 0.6 is 42.5 Å². The highest BCUT2D eigenvalue weighted by Gasteiger charge is 2.28. The largest absolute Gasteiger partial charge is 0.250 e. The van der Waals surface area contributed by atoms with E-state index in [1.165, 1.54) is 58.6 Å². The highest BCUT2D eigenvalue weighted by atomic mass is 33.2. The zero-order chi connectivity index (χ0) is 26.5. The van der Waals surface area contributed by atoms with Crippen LogP contribution in [0.2, 0.25) is 0 Å². The van der Waals surface area contributed by atoms with E-state index in [0.29, 0.717) is 0 Å². The van der Waals surface area contributed by atoms with Crippen molar-refractivity contribution in [1.29, 1.82) is 0 Å². The number of hydrogen-bond donors (Lipinski definition) is 2. The standard InChI is InChI=1S/C34H24N2S4/c1-7-23-8-2-12-26(31(23)25(11-1)29-15-5-19-37-29)30-16-6-21-39(30)40-22-18-36-34(40)28-14-4-10-24-9-3-13-27(32(24)28)33-35-17-20-38-33/h1-22,39-40H. The number of benzene rings is 4. The minimum absolute atomic E-state index is 0.584. The van der Waals surface area contributed by atoms with Crippen LogP contribution in [0, 0.1) is 0 Å². The molecule has 6 heteroatoms. The van der Waals surface area contributed by atoms with Crippen molar-refractivity contribution >= 4 is 74.0 Å². The molecule has 2 unspecified atom stereocenters. The highest BCUT2D eigenvalue weighted by Crippen LogP contribution is 2.69. The van der Waals surface area contributed by atoms with Gasteiger partial charge in [-0.1, -0.05) is 84.9 Å². The van der Waals surface area contributed by atoms with Crippen LogP contribution in [0.3, 0.4) is 0 Å². The summed E-state index contributed by atoms with van der Waals surface area (Å²) in [6.07, 6.45) is 8.55. The molecule has 194 valence electrons. The van der Waals surface area contributed by atoms with Gasteiger partial charge in [0.2, 0.25) is 0 Å². The summed E-state index contributed by atoms with van der Waals surface area (Å²) in [6.45, 7) is 0. The first-order valence-corrected chi connectivity index (χ1v) is 18.3. The monoisotopic (exact) mass is 588 g/mol. The molecule has 0 amide bonds. The second kappa shape index (κ2) is 10.1. The normalized spacial score (nSPS) is 19.9. The lowest BCUT2D eigenvalue weighted by Gasteiger charge is -2.30. The summed E-state index contributed by atoms with van der Waals surface area (Å²) in [5, 5.41) is 16.4. The molecule has 0 N–H and O–H groups in total. The average molecular weight is 589 g/mol. The van der Waals surface area contributed by atoms with Crippen LogP contribution in [0.4, 0.5) is 0 Å². The lowest BCUT2D eigenvalue weighted by atomic mass is 9.98. The minimum Gasteiger partial charge on any atom is -0.250 e. The smallest absolute Gasteiger partial charge is 0.123 e. The SMILES string of the molecule is C1=C[SH]([SH]2C=CN=C2c2cccc3cccc(-c4nccs4)c23)C(c2cccc3cccc(-c4cccs4)c23)=C1. The van der Waals surface area contributed by atoms with Gasteiger partial charge < -0.3 is 0 Å². The Labute approximate surface area is 245 Å².